The summed E-state index contributed by atoms with van der Waals surface area (Å²) in [5.41, 5.74) is 3.60. The standard InChI is InChI=1S/C22H26N2O2/c1-2-15-23-20(25)12-13-21(26)24-16-14-17-8-6-7-11-19(17)22(24)18-9-4-3-5-10-18/h3-11,22H,2,12-16H2,1H3,(H,23,25)/t22-/m0/s1. The molecule has 136 valence electrons. The molecule has 0 aliphatic carbocycles. The number of fused-ring (bicyclic) bond motifs is 1. The Morgan fingerprint density at radius 2 is 1.77 bits per heavy atom. The van der Waals surface area contributed by atoms with Gasteiger partial charge in [0, 0.05) is 25.9 Å². The molecule has 0 aromatic heterocycles. The molecule has 0 fully saturated rings. The molecular weight excluding hydrogens is 324 g/mol. The van der Waals surface area contributed by atoms with Crippen LogP contribution in [0.25, 0.3) is 0 Å². The Morgan fingerprint density at radius 3 is 2.54 bits per heavy atom. The number of carbonyl (C=O) groups is 2. The molecule has 0 bridgehead atoms. The van der Waals surface area contributed by atoms with Gasteiger partial charge in [-0.3, -0.25) is 9.59 Å². The zero-order valence-corrected chi connectivity index (χ0v) is 15.3. The molecule has 2 aromatic carbocycles. The van der Waals surface area contributed by atoms with Crippen molar-refractivity contribution in [2.24, 2.45) is 0 Å². The lowest BCUT2D eigenvalue weighted by Crippen LogP contribution is -2.41. The summed E-state index contributed by atoms with van der Waals surface area (Å²) in [6.07, 6.45) is 2.26. The third kappa shape index (κ3) is 4.13. The highest BCUT2D eigenvalue weighted by Gasteiger charge is 2.31. The summed E-state index contributed by atoms with van der Waals surface area (Å²) in [6, 6.07) is 18.4. The zero-order valence-electron chi connectivity index (χ0n) is 15.3. The predicted molar refractivity (Wildman–Crippen MR) is 103 cm³/mol. The molecule has 1 N–H and O–H groups in total. The van der Waals surface area contributed by atoms with Crippen LogP contribution in [0, 0.1) is 0 Å². The lowest BCUT2D eigenvalue weighted by molar-refractivity contribution is -0.135. The summed E-state index contributed by atoms with van der Waals surface area (Å²) >= 11 is 0. The molecule has 4 nitrogen and oxygen atoms in total. The van der Waals surface area contributed by atoms with Crippen molar-refractivity contribution >= 4 is 11.8 Å². The van der Waals surface area contributed by atoms with E-state index in [0.717, 1.165) is 18.4 Å². The second-order valence-corrected chi connectivity index (χ2v) is 6.70. The number of nitrogens with zero attached hydrogens (tertiary/aromatic N) is 1. The molecule has 1 aliphatic heterocycles. The van der Waals surface area contributed by atoms with Crippen molar-refractivity contribution in [2.75, 3.05) is 13.1 Å². The Kier molecular flexibility index (Phi) is 6.05. The van der Waals surface area contributed by atoms with Crippen LogP contribution in [-0.2, 0) is 16.0 Å². The molecule has 1 aliphatic rings. The van der Waals surface area contributed by atoms with Gasteiger partial charge in [0.15, 0.2) is 0 Å². The molecule has 0 saturated heterocycles. The van der Waals surface area contributed by atoms with Crippen molar-refractivity contribution in [3.8, 4) is 0 Å². The van der Waals surface area contributed by atoms with Crippen LogP contribution in [0.4, 0.5) is 0 Å². The monoisotopic (exact) mass is 350 g/mol. The third-order valence-electron chi connectivity index (χ3n) is 4.86. The first-order valence-electron chi connectivity index (χ1n) is 9.39. The highest BCUT2D eigenvalue weighted by Crippen LogP contribution is 2.35. The van der Waals surface area contributed by atoms with Crippen molar-refractivity contribution in [1.82, 2.24) is 10.2 Å². The van der Waals surface area contributed by atoms with E-state index in [4.69, 9.17) is 0 Å². The van der Waals surface area contributed by atoms with Crippen LogP contribution in [0.15, 0.2) is 54.6 Å². The van der Waals surface area contributed by atoms with Gasteiger partial charge in [0.2, 0.25) is 11.8 Å². The number of amides is 2. The van der Waals surface area contributed by atoms with Gasteiger partial charge in [0.25, 0.3) is 0 Å². The topological polar surface area (TPSA) is 49.4 Å². The highest BCUT2D eigenvalue weighted by molar-refractivity contribution is 5.84. The van der Waals surface area contributed by atoms with E-state index in [1.807, 2.05) is 36.1 Å². The molecule has 3 rings (SSSR count). The average Bonchev–Trinajstić information content (AvgIpc) is 2.70. The molecular formula is C22H26N2O2. The van der Waals surface area contributed by atoms with Crippen LogP contribution >= 0.6 is 0 Å². The second kappa shape index (κ2) is 8.65. The first-order chi connectivity index (χ1) is 12.7. The lowest BCUT2D eigenvalue weighted by atomic mass is 9.88. The predicted octanol–water partition coefficient (Wildman–Crippen LogP) is 3.47. The van der Waals surface area contributed by atoms with Crippen molar-refractivity contribution in [1.29, 1.82) is 0 Å². The number of benzene rings is 2. The Morgan fingerprint density at radius 1 is 1.04 bits per heavy atom. The normalized spacial score (nSPS) is 16.0. The van der Waals surface area contributed by atoms with Crippen molar-refractivity contribution in [2.45, 2.75) is 38.6 Å². The van der Waals surface area contributed by atoms with Crippen molar-refractivity contribution in [3.05, 3.63) is 71.3 Å². The van der Waals surface area contributed by atoms with E-state index < -0.39 is 0 Å². The van der Waals surface area contributed by atoms with E-state index in [-0.39, 0.29) is 30.7 Å². The maximum Gasteiger partial charge on any atom is 0.223 e. The molecule has 0 unspecified atom stereocenters. The van der Waals surface area contributed by atoms with E-state index in [9.17, 15) is 9.59 Å². The third-order valence-corrected chi connectivity index (χ3v) is 4.86. The van der Waals surface area contributed by atoms with Crippen molar-refractivity contribution < 1.29 is 9.59 Å². The largest absolute Gasteiger partial charge is 0.356 e. The molecule has 26 heavy (non-hydrogen) atoms. The van der Waals surface area contributed by atoms with Crippen LogP contribution in [0.3, 0.4) is 0 Å². The maximum absolute atomic E-state index is 12.9. The van der Waals surface area contributed by atoms with Crippen LogP contribution < -0.4 is 5.32 Å². The van der Waals surface area contributed by atoms with Gasteiger partial charge in [-0.1, -0.05) is 61.5 Å². The van der Waals surface area contributed by atoms with Crippen LogP contribution in [-0.4, -0.2) is 29.8 Å². The van der Waals surface area contributed by atoms with Gasteiger partial charge in [-0.25, -0.2) is 0 Å². The van der Waals surface area contributed by atoms with Gasteiger partial charge in [-0.05, 0) is 29.5 Å². The van der Waals surface area contributed by atoms with Gasteiger partial charge >= 0.3 is 0 Å². The average molecular weight is 350 g/mol. The summed E-state index contributed by atoms with van der Waals surface area (Å²) in [7, 11) is 0. The zero-order chi connectivity index (χ0) is 18.4. The minimum absolute atomic E-state index is 0.0417. The van der Waals surface area contributed by atoms with Gasteiger partial charge in [-0.15, -0.1) is 0 Å². The molecule has 0 saturated carbocycles. The molecule has 2 aromatic rings. The molecule has 4 heteroatoms. The molecule has 2 amide bonds. The quantitative estimate of drug-likeness (QED) is 0.867. The summed E-state index contributed by atoms with van der Waals surface area (Å²) < 4.78 is 0. The number of rotatable bonds is 6. The highest BCUT2D eigenvalue weighted by atomic mass is 16.2. The Bertz CT molecular complexity index is 758. The van der Waals surface area contributed by atoms with Crippen molar-refractivity contribution in [3.63, 3.8) is 0 Å². The number of nitrogens with one attached hydrogen (secondary N) is 1. The van der Waals surface area contributed by atoms with Gasteiger partial charge in [-0.2, -0.15) is 0 Å². The molecule has 1 atom stereocenters. The fourth-order valence-corrected chi connectivity index (χ4v) is 3.55. The van der Waals surface area contributed by atoms with Gasteiger partial charge < -0.3 is 10.2 Å². The minimum atomic E-state index is -0.0765. The number of hydrogen-bond acceptors (Lipinski definition) is 2. The minimum Gasteiger partial charge on any atom is -0.356 e. The summed E-state index contributed by atoms with van der Waals surface area (Å²) in [6.45, 7) is 3.36. The smallest absolute Gasteiger partial charge is 0.223 e. The fraction of sp³-hybridized carbons (Fsp3) is 0.364. The molecule has 0 radical (unpaired) electrons. The summed E-state index contributed by atoms with van der Waals surface area (Å²) in [5, 5.41) is 2.84. The summed E-state index contributed by atoms with van der Waals surface area (Å²) in [5.74, 6) is -0.00567. The Labute approximate surface area is 155 Å². The van der Waals surface area contributed by atoms with E-state index >= 15 is 0 Å². The lowest BCUT2D eigenvalue weighted by Gasteiger charge is -2.38. The first kappa shape index (κ1) is 18.2. The van der Waals surface area contributed by atoms with Gasteiger partial charge in [0.1, 0.15) is 0 Å². The van der Waals surface area contributed by atoms with Crippen LogP contribution in [0.1, 0.15) is 48.9 Å². The number of carbonyl (C=O) groups excluding carboxylic acids is 2. The summed E-state index contributed by atoms with van der Waals surface area (Å²) in [4.78, 5) is 26.7. The second-order valence-electron chi connectivity index (χ2n) is 6.70. The van der Waals surface area contributed by atoms with Crippen LogP contribution in [0.2, 0.25) is 0 Å². The Hall–Kier alpha value is -2.62. The van der Waals surface area contributed by atoms with E-state index in [1.165, 1.54) is 11.1 Å². The first-order valence-corrected chi connectivity index (χ1v) is 9.39. The van der Waals surface area contributed by atoms with E-state index in [1.54, 1.807) is 0 Å². The van der Waals surface area contributed by atoms with Gasteiger partial charge in [0.05, 0.1) is 6.04 Å². The van der Waals surface area contributed by atoms with E-state index in [2.05, 4.69) is 35.6 Å². The SMILES string of the molecule is CCCNC(=O)CCC(=O)N1CCc2ccccc2[C@@H]1c1ccccc1. The number of hydrogen-bond donors (Lipinski definition) is 1. The maximum atomic E-state index is 12.9. The molecule has 1 heterocycles. The van der Waals surface area contributed by atoms with E-state index in [0.29, 0.717) is 13.1 Å². The molecule has 0 spiro atoms. The Balaban J connectivity index is 1.79. The van der Waals surface area contributed by atoms with Crippen LogP contribution in [0.5, 0.6) is 0 Å². The fourth-order valence-electron chi connectivity index (χ4n) is 3.55.